The molecule has 0 atom stereocenters. The van der Waals surface area contributed by atoms with E-state index in [1.54, 1.807) is 12.1 Å². The zero-order valence-electron chi connectivity index (χ0n) is 30.0. The fourth-order valence-electron chi connectivity index (χ4n) is 7.49. The summed E-state index contributed by atoms with van der Waals surface area (Å²) in [6.45, 7) is 2.10. The molecule has 1 aromatic heterocycles. The van der Waals surface area contributed by atoms with E-state index in [4.69, 9.17) is 0 Å². The predicted molar refractivity (Wildman–Crippen MR) is 216 cm³/mol. The van der Waals surface area contributed by atoms with Gasteiger partial charge < -0.3 is 9.47 Å². The Labute approximate surface area is 320 Å². The van der Waals surface area contributed by atoms with Crippen molar-refractivity contribution in [3.05, 3.63) is 205 Å². The molecular formula is C49H31F5N2. The largest absolute Gasteiger partial charge is 0.311 e. The number of fused-ring (bicyclic) bond motifs is 3. The molecule has 0 fully saturated rings. The van der Waals surface area contributed by atoms with E-state index < -0.39 is 34.6 Å². The Morgan fingerprint density at radius 2 is 0.786 bits per heavy atom. The highest BCUT2D eigenvalue weighted by Crippen LogP contribution is 2.40. The van der Waals surface area contributed by atoms with Gasteiger partial charge in [-0.3, -0.25) is 0 Å². The summed E-state index contributed by atoms with van der Waals surface area (Å²) in [5, 5.41) is 2.31. The van der Waals surface area contributed by atoms with Crippen LogP contribution in [0, 0.1) is 36.0 Å². The van der Waals surface area contributed by atoms with Gasteiger partial charge in [0.05, 0.1) is 16.6 Å². The summed E-state index contributed by atoms with van der Waals surface area (Å²) >= 11 is 0. The molecule has 0 spiro atoms. The Balaban J connectivity index is 1.12. The Morgan fingerprint density at radius 1 is 0.375 bits per heavy atom. The Hall–Kier alpha value is -6.99. The van der Waals surface area contributed by atoms with E-state index >= 15 is 0 Å². The molecule has 8 aromatic carbocycles. The van der Waals surface area contributed by atoms with Crippen LogP contribution in [0.25, 0.3) is 60.9 Å². The maximum absolute atomic E-state index is 14.8. The highest BCUT2D eigenvalue weighted by atomic mass is 19.2. The maximum Gasteiger partial charge on any atom is 0.200 e. The number of para-hydroxylation sites is 1. The van der Waals surface area contributed by atoms with E-state index in [1.165, 1.54) is 23.1 Å². The van der Waals surface area contributed by atoms with Crippen LogP contribution in [-0.2, 0) is 0 Å². The van der Waals surface area contributed by atoms with Crippen molar-refractivity contribution in [1.29, 1.82) is 0 Å². The number of aromatic nitrogens is 1. The van der Waals surface area contributed by atoms with Crippen molar-refractivity contribution >= 4 is 38.9 Å². The zero-order valence-corrected chi connectivity index (χ0v) is 30.0. The third kappa shape index (κ3) is 5.98. The molecule has 9 rings (SSSR count). The first-order chi connectivity index (χ1) is 27.3. The van der Waals surface area contributed by atoms with Crippen LogP contribution in [0.2, 0.25) is 0 Å². The van der Waals surface area contributed by atoms with Crippen molar-refractivity contribution < 1.29 is 22.0 Å². The lowest BCUT2D eigenvalue weighted by Crippen LogP contribution is -2.10. The Bertz CT molecular complexity index is 2860. The van der Waals surface area contributed by atoms with Crippen molar-refractivity contribution in [2.45, 2.75) is 6.92 Å². The SMILES string of the molecule is Cc1ccc2c(c1)c1cc(-c3ccc(N(c4ccc(-c5ccccc5)cc4)c4ccc(-c5c(F)c(F)c(F)c(F)c5F)cc4)cc3)ccc1n2-c1ccccc1. The van der Waals surface area contributed by atoms with Gasteiger partial charge in [-0.15, -0.1) is 0 Å². The quantitative estimate of drug-likeness (QED) is 0.0897. The van der Waals surface area contributed by atoms with Gasteiger partial charge in [0.15, 0.2) is 23.3 Å². The lowest BCUT2D eigenvalue weighted by Gasteiger charge is -2.26. The maximum atomic E-state index is 14.8. The number of aryl methyl sites for hydroxylation is 1. The Kier molecular flexibility index (Phi) is 8.70. The molecule has 0 aliphatic heterocycles. The number of halogens is 5. The molecule has 0 radical (unpaired) electrons. The van der Waals surface area contributed by atoms with E-state index in [0.29, 0.717) is 5.69 Å². The minimum absolute atomic E-state index is 0.143. The second-order valence-electron chi connectivity index (χ2n) is 13.7. The van der Waals surface area contributed by atoms with Crippen LogP contribution in [0.1, 0.15) is 5.56 Å². The molecule has 0 bridgehead atoms. The van der Waals surface area contributed by atoms with Gasteiger partial charge in [-0.25, -0.2) is 22.0 Å². The zero-order chi connectivity index (χ0) is 38.5. The van der Waals surface area contributed by atoms with Gasteiger partial charge in [-0.1, -0.05) is 103 Å². The molecule has 272 valence electrons. The van der Waals surface area contributed by atoms with Gasteiger partial charge in [0.25, 0.3) is 0 Å². The number of anilines is 3. The molecule has 0 saturated heterocycles. The third-order valence-corrected chi connectivity index (χ3v) is 10.3. The van der Waals surface area contributed by atoms with Gasteiger partial charge in [-0.05, 0) is 108 Å². The number of hydrogen-bond donors (Lipinski definition) is 0. The molecular weight excluding hydrogens is 712 g/mol. The van der Waals surface area contributed by atoms with Crippen LogP contribution in [0.4, 0.5) is 39.0 Å². The second kappa shape index (κ2) is 14.0. The second-order valence-corrected chi connectivity index (χ2v) is 13.7. The van der Waals surface area contributed by atoms with E-state index in [-0.39, 0.29) is 5.56 Å². The minimum atomic E-state index is -2.19. The molecule has 0 amide bonds. The molecule has 2 nitrogen and oxygen atoms in total. The summed E-state index contributed by atoms with van der Waals surface area (Å²) in [6.07, 6.45) is 0. The molecule has 1 heterocycles. The lowest BCUT2D eigenvalue weighted by molar-refractivity contribution is 0.381. The van der Waals surface area contributed by atoms with Crippen LogP contribution in [0.15, 0.2) is 170 Å². The van der Waals surface area contributed by atoms with Crippen LogP contribution in [0.5, 0.6) is 0 Å². The topological polar surface area (TPSA) is 8.17 Å². The van der Waals surface area contributed by atoms with E-state index in [1.807, 2.05) is 102 Å². The number of rotatable bonds is 7. The van der Waals surface area contributed by atoms with Gasteiger partial charge in [0.1, 0.15) is 0 Å². The smallest absolute Gasteiger partial charge is 0.200 e. The van der Waals surface area contributed by atoms with Crippen molar-refractivity contribution in [3.8, 4) is 39.1 Å². The first-order valence-corrected chi connectivity index (χ1v) is 18.0. The predicted octanol–water partition coefficient (Wildman–Crippen LogP) is 14.3. The summed E-state index contributed by atoms with van der Waals surface area (Å²) in [5.41, 5.74) is 9.71. The number of hydrogen-bond acceptors (Lipinski definition) is 1. The summed E-state index contributed by atoms with van der Waals surface area (Å²) < 4.78 is 73.8. The first-order valence-electron chi connectivity index (χ1n) is 18.0. The summed E-state index contributed by atoms with van der Waals surface area (Å²) in [7, 11) is 0. The van der Waals surface area contributed by atoms with Gasteiger partial charge in [-0.2, -0.15) is 0 Å². The Morgan fingerprint density at radius 3 is 1.34 bits per heavy atom. The minimum Gasteiger partial charge on any atom is -0.311 e. The number of nitrogens with zero attached hydrogens (tertiary/aromatic N) is 2. The molecule has 7 heteroatoms. The van der Waals surface area contributed by atoms with Crippen LogP contribution in [-0.4, -0.2) is 4.57 Å². The van der Waals surface area contributed by atoms with Crippen molar-refractivity contribution in [2.24, 2.45) is 0 Å². The summed E-state index contributed by atoms with van der Waals surface area (Å²) in [5.74, 6) is -9.92. The van der Waals surface area contributed by atoms with Gasteiger partial charge >= 0.3 is 0 Å². The van der Waals surface area contributed by atoms with Crippen LogP contribution >= 0.6 is 0 Å². The molecule has 0 unspecified atom stereocenters. The third-order valence-electron chi connectivity index (χ3n) is 10.3. The highest BCUT2D eigenvalue weighted by molar-refractivity contribution is 6.10. The van der Waals surface area contributed by atoms with E-state index in [0.717, 1.165) is 55.7 Å². The monoisotopic (exact) mass is 742 g/mol. The molecule has 0 saturated carbocycles. The molecule has 9 aromatic rings. The van der Waals surface area contributed by atoms with E-state index in [9.17, 15) is 22.0 Å². The van der Waals surface area contributed by atoms with Gasteiger partial charge in [0.2, 0.25) is 5.82 Å². The fraction of sp³-hybridized carbons (Fsp3) is 0.0204. The van der Waals surface area contributed by atoms with Crippen LogP contribution in [0.3, 0.4) is 0 Å². The standard InChI is InChI=1S/C49H31F5N2/c1-30-12-26-42-40(28-30)41-29-35(19-27-43(41)56(42)36-10-6-3-7-11-36)33-15-22-38(23-16-33)55(37-20-13-32(14-21-37)31-8-4-2-5-9-31)39-24-17-34(18-25-39)44-45(50)47(52)49(54)48(53)46(44)51/h2-29H,1H3. The average molecular weight is 743 g/mol. The van der Waals surface area contributed by atoms with Crippen molar-refractivity contribution in [1.82, 2.24) is 4.57 Å². The highest BCUT2D eigenvalue weighted by Gasteiger charge is 2.27. The van der Waals surface area contributed by atoms with Crippen molar-refractivity contribution in [3.63, 3.8) is 0 Å². The first kappa shape index (κ1) is 34.8. The molecule has 56 heavy (non-hydrogen) atoms. The lowest BCUT2D eigenvalue weighted by atomic mass is 10.0. The average Bonchev–Trinajstić information content (AvgIpc) is 3.57. The van der Waals surface area contributed by atoms with Crippen molar-refractivity contribution in [2.75, 3.05) is 4.90 Å². The summed E-state index contributed by atoms with van der Waals surface area (Å²) in [4.78, 5) is 1.97. The number of benzene rings is 8. The van der Waals surface area contributed by atoms with Crippen LogP contribution < -0.4 is 4.90 Å². The van der Waals surface area contributed by atoms with Gasteiger partial charge in [0, 0.05) is 33.5 Å². The molecule has 0 aliphatic rings. The fourth-order valence-corrected chi connectivity index (χ4v) is 7.49. The summed E-state index contributed by atoms with van der Waals surface area (Å²) in [6, 6.07) is 55.3. The molecule has 0 N–H and O–H groups in total. The molecule has 0 aliphatic carbocycles. The van der Waals surface area contributed by atoms with E-state index in [2.05, 4.69) is 60.0 Å². The normalized spacial score (nSPS) is 11.4.